The molecule has 7 heteroatoms. The number of aromatic amines is 1. The average molecular weight is 234 g/mol. The quantitative estimate of drug-likeness (QED) is 0.770. The van der Waals surface area contributed by atoms with E-state index in [1.165, 1.54) is 17.6 Å². The van der Waals surface area contributed by atoms with Crippen molar-refractivity contribution in [2.24, 2.45) is 0 Å². The van der Waals surface area contributed by atoms with E-state index in [-0.39, 0.29) is 0 Å². The number of amides is 1. The van der Waals surface area contributed by atoms with Crippen molar-refractivity contribution >= 4 is 6.09 Å². The Bertz CT molecular complexity index is 546. The third-order valence-corrected chi connectivity index (χ3v) is 2.88. The van der Waals surface area contributed by atoms with Gasteiger partial charge in [-0.3, -0.25) is 5.10 Å². The van der Waals surface area contributed by atoms with Crippen molar-refractivity contribution in [3.63, 3.8) is 0 Å². The SMILES string of the molecule is O=C(O)N1CCc2[nH]nc(-c3cocn3)c2C1. The molecule has 0 bridgehead atoms. The van der Waals surface area contributed by atoms with Crippen LogP contribution in [0.2, 0.25) is 0 Å². The molecule has 2 aromatic rings. The fourth-order valence-electron chi connectivity index (χ4n) is 2.00. The van der Waals surface area contributed by atoms with E-state index in [0.717, 1.165) is 11.3 Å². The number of nitrogens with one attached hydrogen (secondary N) is 1. The van der Waals surface area contributed by atoms with Gasteiger partial charge in [-0.2, -0.15) is 5.10 Å². The normalized spacial score (nSPS) is 14.7. The predicted octanol–water partition coefficient (Wildman–Crippen LogP) is 1.10. The zero-order valence-corrected chi connectivity index (χ0v) is 8.88. The highest BCUT2D eigenvalue weighted by molar-refractivity contribution is 5.67. The summed E-state index contributed by atoms with van der Waals surface area (Å²) in [7, 11) is 0. The molecule has 0 unspecified atom stereocenters. The Morgan fingerprint density at radius 3 is 3.18 bits per heavy atom. The first kappa shape index (κ1) is 9.88. The number of nitrogens with zero attached hydrogens (tertiary/aromatic N) is 3. The number of carbonyl (C=O) groups is 1. The van der Waals surface area contributed by atoms with Crippen LogP contribution in [0.4, 0.5) is 4.79 Å². The van der Waals surface area contributed by atoms with Crippen LogP contribution in [0, 0.1) is 0 Å². The maximum absolute atomic E-state index is 10.9. The molecule has 2 N–H and O–H groups in total. The van der Waals surface area contributed by atoms with Gasteiger partial charge in [0.1, 0.15) is 17.7 Å². The lowest BCUT2D eigenvalue weighted by atomic mass is 10.0. The molecule has 0 atom stereocenters. The van der Waals surface area contributed by atoms with E-state index < -0.39 is 6.09 Å². The standard InChI is InChI=1S/C10H10N4O3/c15-10(16)14-2-1-7-6(3-14)9(13-12-7)8-4-17-5-11-8/h4-5H,1-3H2,(H,12,13)(H,15,16). The van der Waals surface area contributed by atoms with Gasteiger partial charge in [0.25, 0.3) is 0 Å². The van der Waals surface area contributed by atoms with Gasteiger partial charge in [0.15, 0.2) is 6.39 Å². The fraction of sp³-hybridized carbons (Fsp3) is 0.300. The Balaban J connectivity index is 2.00. The molecule has 1 amide bonds. The van der Waals surface area contributed by atoms with Crippen LogP contribution in [0.3, 0.4) is 0 Å². The maximum Gasteiger partial charge on any atom is 0.407 e. The summed E-state index contributed by atoms with van der Waals surface area (Å²) in [4.78, 5) is 16.3. The van der Waals surface area contributed by atoms with E-state index in [1.54, 1.807) is 0 Å². The van der Waals surface area contributed by atoms with Gasteiger partial charge in [-0.25, -0.2) is 9.78 Å². The lowest BCUT2D eigenvalue weighted by Crippen LogP contribution is -2.34. The minimum absolute atomic E-state index is 0.337. The van der Waals surface area contributed by atoms with Crippen molar-refractivity contribution in [3.8, 4) is 11.4 Å². The minimum Gasteiger partial charge on any atom is -0.465 e. The summed E-state index contributed by atoms with van der Waals surface area (Å²) in [6, 6.07) is 0. The Hall–Kier alpha value is -2.31. The molecule has 0 aromatic carbocycles. The monoisotopic (exact) mass is 234 g/mol. The first-order chi connectivity index (χ1) is 8.25. The zero-order chi connectivity index (χ0) is 11.8. The van der Waals surface area contributed by atoms with Crippen molar-refractivity contribution in [2.45, 2.75) is 13.0 Å². The van der Waals surface area contributed by atoms with Gasteiger partial charge in [-0.15, -0.1) is 0 Å². The molecule has 0 aliphatic carbocycles. The molecule has 1 aliphatic heterocycles. The van der Waals surface area contributed by atoms with E-state index in [0.29, 0.717) is 30.9 Å². The Morgan fingerprint density at radius 2 is 2.47 bits per heavy atom. The van der Waals surface area contributed by atoms with Crippen molar-refractivity contribution in [3.05, 3.63) is 23.9 Å². The molecule has 7 nitrogen and oxygen atoms in total. The van der Waals surface area contributed by atoms with Crippen molar-refractivity contribution in [1.29, 1.82) is 0 Å². The molecule has 0 fully saturated rings. The van der Waals surface area contributed by atoms with Crippen LogP contribution in [-0.4, -0.2) is 37.8 Å². The van der Waals surface area contributed by atoms with Crippen molar-refractivity contribution < 1.29 is 14.3 Å². The highest BCUT2D eigenvalue weighted by Crippen LogP contribution is 2.27. The Labute approximate surface area is 96.1 Å². The van der Waals surface area contributed by atoms with Gasteiger partial charge in [0.2, 0.25) is 0 Å². The van der Waals surface area contributed by atoms with Crippen LogP contribution in [0.1, 0.15) is 11.3 Å². The number of oxazole rings is 1. The van der Waals surface area contributed by atoms with Gasteiger partial charge in [-0.1, -0.05) is 0 Å². The van der Waals surface area contributed by atoms with Gasteiger partial charge in [0, 0.05) is 24.2 Å². The first-order valence-electron chi connectivity index (χ1n) is 5.18. The highest BCUT2D eigenvalue weighted by atomic mass is 16.4. The molecule has 3 rings (SSSR count). The van der Waals surface area contributed by atoms with Gasteiger partial charge in [-0.05, 0) is 0 Å². The molecule has 0 spiro atoms. The number of aromatic nitrogens is 3. The summed E-state index contributed by atoms with van der Waals surface area (Å²) in [6.45, 7) is 0.826. The zero-order valence-electron chi connectivity index (χ0n) is 8.88. The van der Waals surface area contributed by atoms with E-state index in [9.17, 15) is 4.79 Å². The molecular formula is C10H10N4O3. The number of carboxylic acid groups (broad SMARTS) is 1. The third-order valence-electron chi connectivity index (χ3n) is 2.88. The lowest BCUT2D eigenvalue weighted by Gasteiger charge is -2.23. The molecule has 2 aromatic heterocycles. The Morgan fingerprint density at radius 1 is 1.59 bits per heavy atom. The molecule has 0 saturated heterocycles. The van der Waals surface area contributed by atoms with Gasteiger partial charge < -0.3 is 14.4 Å². The molecule has 1 aliphatic rings. The van der Waals surface area contributed by atoms with Crippen LogP contribution in [0.15, 0.2) is 17.1 Å². The minimum atomic E-state index is -0.914. The number of rotatable bonds is 1. The van der Waals surface area contributed by atoms with Crippen molar-refractivity contribution in [2.75, 3.05) is 6.54 Å². The van der Waals surface area contributed by atoms with Gasteiger partial charge >= 0.3 is 6.09 Å². The lowest BCUT2D eigenvalue weighted by molar-refractivity contribution is 0.140. The Kier molecular flexibility index (Phi) is 2.10. The van der Waals surface area contributed by atoms with Crippen LogP contribution in [0.5, 0.6) is 0 Å². The van der Waals surface area contributed by atoms with Crippen LogP contribution >= 0.6 is 0 Å². The molecular weight excluding hydrogens is 224 g/mol. The average Bonchev–Trinajstić information content (AvgIpc) is 2.96. The molecule has 17 heavy (non-hydrogen) atoms. The summed E-state index contributed by atoms with van der Waals surface area (Å²) in [5, 5.41) is 16.1. The van der Waals surface area contributed by atoms with E-state index >= 15 is 0 Å². The largest absolute Gasteiger partial charge is 0.465 e. The second-order valence-corrected chi connectivity index (χ2v) is 3.86. The summed E-state index contributed by atoms with van der Waals surface area (Å²) in [5.74, 6) is 0. The molecule has 88 valence electrons. The van der Waals surface area contributed by atoms with Crippen molar-refractivity contribution in [1.82, 2.24) is 20.1 Å². The summed E-state index contributed by atoms with van der Waals surface area (Å²) in [5.41, 5.74) is 3.14. The van der Waals surface area contributed by atoms with Gasteiger partial charge in [0.05, 0.1) is 6.54 Å². The molecule has 0 radical (unpaired) electrons. The highest BCUT2D eigenvalue weighted by Gasteiger charge is 2.25. The maximum atomic E-state index is 10.9. The summed E-state index contributed by atoms with van der Waals surface area (Å²) in [6.07, 6.45) is 2.56. The number of hydrogen-bond donors (Lipinski definition) is 2. The predicted molar refractivity (Wildman–Crippen MR) is 56.2 cm³/mol. The van der Waals surface area contributed by atoms with E-state index in [2.05, 4.69) is 15.2 Å². The second-order valence-electron chi connectivity index (χ2n) is 3.86. The van der Waals surface area contributed by atoms with Crippen LogP contribution < -0.4 is 0 Å². The van der Waals surface area contributed by atoms with Crippen LogP contribution in [0.25, 0.3) is 11.4 Å². The van der Waals surface area contributed by atoms with E-state index in [4.69, 9.17) is 9.52 Å². The first-order valence-corrected chi connectivity index (χ1v) is 5.18. The smallest absolute Gasteiger partial charge is 0.407 e. The molecule has 0 saturated carbocycles. The number of hydrogen-bond acceptors (Lipinski definition) is 4. The number of H-pyrrole nitrogens is 1. The van der Waals surface area contributed by atoms with E-state index in [1.807, 2.05) is 0 Å². The summed E-state index contributed by atoms with van der Waals surface area (Å²) >= 11 is 0. The second kappa shape index (κ2) is 3.62. The fourth-order valence-corrected chi connectivity index (χ4v) is 2.00. The summed E-state index contributed by atoms with van der Waals surface area (Å²) < 4.78 is 4.91. The van der Waals surface area contributed by atoms with Crippen LogP contribution in [-0.2, 0) is 13.0 Å². The topological polar surface area (TPSA) is 95.2 Å². The number of fused-ring (bicyclic) bond motifs is 1. The molecule has 3 heterocycles. The third kappa shape index (κ3) is 1.55.